The molecule has 4 nitrogen and oxygen atoms in total. The maximum atomic E-state index is 14.0. The molecule has 0 aliphatic carbocycles. The Kier molecular flexibility index (Phi) is 4.18. The molecule has 5 heteroatoms. The fourth-order valence-electron chi connectivity index (χ4n) is 2.73. The van der Waals surface area contributed by atoms with Crippen LogP contribution in [0, 0.1) is 11.2 Å². The summed E-state index contributed by atoms with van der Waals surface area (Å²) in [6, 6.07) is 6.16. The van der Waals surface area contributed by atoms with Gasteiger partial charge in [-0.05, 0) is 13.0 Å². The number of nitrogens with one attached hydrogen (secondary N) is 1. The van der Waals surface area contributed by atoms with Crippen molar-refractivity contribution in [2.24, 2.45) is 5.41 Å². The molecule has 1 heterocycles. The largest absolute Gasteiger partial charge is 0.381 e. The number of carbonyl (C=O) groups is 2. The summed E-state index contributed by atoms with van der Waals surface area (Å²) in [4.78, 5) is 23.8. The Labute approximate surface area is 117 Å². The zero-order valence-corrected chi connectivity index (χ0v) is 11.6. The number of hydrogen-bond donors (Lipinski definition) is 1. The van der Waals surface area contributed by atoms with E-state index in [9.17, 15) is 14.0 Å². The van der Waals surface area contributed by atoms with Gasteiger partial charge in [0.1, 0.15) is 5.82 Å². The van der Waals surface area contributed by atoms with Crippen LogP contribution in [-0.2, 0) is 14.3 Å². The topological polar surface area (TPSA) is 55.4 Å². The highest BCUT2D eigenvalue weighted by Gasteiger charge is 2.47. The van der Waals surface area contributed by atoms with Gasteiger partial charge in [-0.1, -0.05) is 25.1 Å². The lowest BCUT2D eigenvalue weighted by Crippen LogP contribution is -2.51. The minimum atomic E-state index is -0.738. The molecule has 20 heavy (non-hydrogen) atoms. The van der Waals surface area contributed by atoms with Crippen molar-refractivity contribution in [1.82, 2.24) is 5.32 Å². The molecular weight excluding hydrogens is 261 g/mol. The maximum Gasteiger partial charge on any atom is 0.234 e. The van der Waals surface area contributed by atoms with Crippen molar-refractivity contribution in [2.45, 2.75) is 26.2 Å². The molecular formula is C15H18FNO3. The Bertz CT molecular complexity index is 532. The van der Waals surface area contributed by atoms with Crippen LogP contribution in [0.4, 0.5) is 4.39 Å². The lowest BCUT2D eigenvalue weighted by Gasteiger charge is -2.39. The van der Waals surface area contributed by atoms with Crippen molar-refractivity contribution in [3.8, 4) is 0 Å². The smallest absolute Gasteiger partial charge is 0.234 e. The normalized spacial score (nSPS) is 26.4. The zero-order valence-electron chi connectivity index (χ0n) is 11.6. The summed E-state index contributed by atoms with van der Waals surface area (Å²) in [7, 11) is 0. The van der Waals surface area contributed by atoms with Crippen LogP contribution in [0.5, 0.6) is 0 Å². The van der Waals surface area contributed by atoms with Crippen molar-refractivity contribution in [3.05, 3.63) is 35.6 Å². The van der Waals surface area contributed by atoms with Crippen molar-refractivity contribution in [2.75, 3.05) is 13.2 Å². The highest BCUT2D eigenvalue weighted by atomic mass is 19.1. The third-order valence-corrected chi connectivity index (χ3v) is 3.64. The summed E-state index contributed by atoms with van der Waals surface area (Å²) >= 11 is 0. The summed E-state index contributed by atoms with van der Waals surface area (Å²) in [5, 5.41) is 2.29. The van der Waals surface area contributed by atoms with E-state index >= 15 is 0 Å². The van der Waals surface area contributed by atoms with Crippen molar-refractivity contribution < 1.29 is 18.7 Å². The Morgan fingerprint density at radius 3 is 2.75 bits per heavy atom. The van der Waals surface area contributed by atoms with Gasteiger partial charge in [0.05, 0.1) is 12.5 Å². The quantitative estimate of drug-likeness (QED) is 0.858. The molecule has 1 aromatic carbocycles. The molecule has 2 amide bonds. The average Bonchev–Trinajstić information content (AvgIpc) is 2.37. The lowest BCUT2D eigenvalue weighted by atomic mass is 9.69. The zero-order chi connectivity index (χ0) is 14.8. The molecule has 2 unspecified atom stereocenters. The van der Waals surface area contributed by atoms with Crippen molar-refractivity contribution in [1.29, 1.82) is 0 Å². The predicted octanol–water partition coefficient (Wildman–Crippen LogP) is 2.00. The second kappa shape index (κ2) is 5.71. The van der Waals surface area contributed by atoms with E-state index in [2.05, 4.69) is 5.32 Å². The predicted molar refractivity (Wildman–Crippen MR) is 71.5 cm³/mol. The van der Waals surface area contributed by atoms with E-state index in [1.165, 1.54) is 6.07 Å². The average molecular weight is 279 g/mol. The molecule has 1 aliphatic rings. The molecule has 1 saturated heterocycles. The van der Waals surface area contributed by atoms with E-state index in [0.29, 0.717) is 12.2 Å². The molecule has 2 atom stereocenters. The number of carbonyl (C=O) groups excluding carboxylic acids is 2. The number of amides is 2. The first kappa shape index (κ1) is 14.7. The minimum absolute atomic E-state index is 0.137. The molecule has 0 spiro atoms. The summed E-state index contributed by atoms with van der Waals surface area (Å²) in [6.45, 7) is 4.35. The number of ether oxygens (including phenoxy) is 1. The van der Waals surface area contributed by atoms with Crippen LogP contribution < -0.4 is 5.32 Å². The van der Waals surface area contributed by atoms with Crippen LogP contribution in [0.15, 0.2) is 24.3 Å². The van der Waals surface area contributed by atoms with Gasteiger partial charge in [-0.25, -0.2) is 4.39 Å². The number of piperidine rings is 1. The molecule has 0 saturated carbocycles. The first-order valence-corrected chi connectivity index (χ1v) is 6.64. The van der Waals surface area contributed by atoms with Crippen LogP contribution in [-0.4, -0.2) is 25.0 Å². The van der Waals surface area contributed by atoms with E-state index < -0.39 is 23.1 Å². The van der Waals surface area contributed by atoms with Crippen LogP contribution in [0.2, 0.25) is 0 Å². The Morgan fingerprint density at radius 2 is 2.10 bits per heavy atom. The molecule has 0 bridgehead atoms. The summed E-state index contributed by atoms with van der Waals surface area (Å²) in [6.07, 6.45) is 0.137. The van der Waals surface area contributed by atoms with Crippen molar-refractivity contribution >= 4 is 11.8 Å². The lowest BCUT2D eigenvalue weighted by molar-refractivity contribution is -0.142. The van der Waals surface area contributed by atoms with E-state index in [4.69, 9.17) is 4.74 Å². The molecule has 108 valence electrons. The van der Waals surface area contributed by atoms with Gasteiger partial charge in [-0.2, -0.15) is 0 Å². The van der Waals surface area contributed by atoms with Gasteiger partial charge in [0, 0.05) is 24.0 Å². The number of rotatable bonds is 4. The fourth-order valence-corrected chi connectivity index (χ4v) is 2.73. The van der Waals surface area contributed by atoms with Crippen LogP contribution in [0.3, 0.4) is 0 Å². The third-order valence-electron chi connectivity index (χ3n) is 3.64. The SMILES string of the molecule is CCOCC1(C)CC(=O)NC(=O)C1c1ccccc1F. The second-order valence-corrected chi connectivity index (χ2v) is 5.33. The van der Waals surface area contributed by atoms with Crippen LogP contribution >= 0.6 is 0 Å². The van der Waals surface area contributed by atoms with Gasteiger partial charge in [0.15, 0.2) is 0 Å². The van der Waals surface area contributed by atoms with Gasteiger partial charge in [-0.3, -0.25) is 14.9 Å². The standard InChI is InChI=1S/C15H18FNO3/c1-3-20-9-15(2)8-12(18)17-14(19)13(15)10-6-4-5-7-11(10)16/h4-7,13H,3,8-9H2,1-2H3,(H,17,18,19). The number of hydrogen-bond acceptors (Lipinski definition) is 3. The summed E-state index contributed by atoms with van der Waals surface area (Å²) in [5.74, 6) is -1.98. The number of imide groups is 1. The molecule has 1 fully saturated rings. The first-order valence-electron chi connectivity index (χ1n) is 6.64. The van der Waals surface area contributed by atoms with E-state index in [1.54, 1.807) is 25.1 Å². The number of benzene rings is 1. The van der Waals surface area contributed by atoms with E-state index in [-0.39, 0.29) is 18.9 Å². The summed E-state index contributed by atoms with van der Waals surface area (Å²) in [5.41, 5.74) is -0.433. The van der Waals surface area contributed by atoms with Crippen molar-refractivity contribution in [3.63, 3.8) is 0 Å². The Balaban J connectivity index is 2.42. The molecule has 1 aromatic rings. The molecule has 0 aromatic heterocycles. The van der Waals surface area contributed by atoms with Gasteiger partial charge in [0.25, 0.3) is 0 Å². The molecule has 2 rings (SSSR count). The van der Waals surface area contributed by atoms with Gasteiger partial charge in [-0.15, -0.1) is 0 Å². The monoisotopic (exact) mass is 279 g/mol. The van der Waals surface area contributed by atoms with Crippen LogP contribution in [0.25, 0.3) is 0 Å². The van der Waals surface area contributed by atoms with Gasteiger partial charge >= 0.3 is 0 Å². The maximum absolute atomic E-state index is 14.0. The minimum Gasteiger partial charge on any atom is -0.381 e. The highest BCUT2D eigenvalue weighted by molar-refractivity contribution is 6.02. The highest BCUT2D eigenvalue weighted by Crippen LogP contribution is 2.42. The second-order valence-electron chi connectivity index (χ2n) is 5.33. The number of halogens is 1. The molecule has 1 N–H and O–H groups in total. The Morgan fingerprint density at radius 1 is 1.40 bits per heavy atom. The van der Waals surface area contributed by atoms with E-state index in [1.807, 2.05) is 6.92 Å². The van der Waals surface area contributed by atoms with Crippen LogP contribution in [0.1, 0.15) is 31.7 Å². The molecule has 0 radical (unpaired) electrons. The summed E-state index contributed by atoms with van der Waals surface area (Å²) < 4.78 is 19.4. The van der Waals surface area contributed by atoms with E-state index in [0.717, 1.165) is 0 Å². The van der Waals surface area contributed by atoms with Gasteiger partial charge in [0.2, 0.25) is 11.8 Å². The third kappa shape index (κ3) is 2.72. The van der Waals surface area contributed by atoms with Gasteiger partial charge < -0.3 is 4.74 Å². The molecule has 1 aliphatic heterocycles. The first-order chi connectivity index (χ1) is 9.48. The Hall–Kier alpha value is -1.75. The fraction of sp³-hybridized carbons (Fsp3) is 0.467.